The van der Waals surface area contributed by atoms with Crippen molar-refractivity contribution in [1.29, 1.82) is 0 Å². The van der Waals surface area contributed by atoms with Crippen molar-refractivity contribution < 1.29 is 33.0 Å². The summed E-state index contributed by atoms with van der Waals surface area (Å²) in [6.07, 6.45) is 0. The highest BCUT2D eigenvalue weighted by atomic mass is 16.6. The molecule has 1 aromatic heterocycles. The molecule has 0 spiro atoms. The number of nitrogens with zero attached hydrogens (tertiary/aromatic N) is 3. The van der Waals surface area contributed by atoms with Crippen LogP contribution in [-0.2, 0) is 35.2 Å². The molecule has 152 valence electrons. The predicted molar refractivity (Wildman–Crippen MR) is 94.9 cm³/mol. The van der Waals surface area contributed by atoms with E-state index < -0.39 is 29.7 Å². The Morgan fingerprint density at radius 1 is 0.929 bits per heavy atom. The van der Waals surface area contributed by atoms with E-state index in [0.29, 0.717) is 11.6 Å². The minimum atomic E-state index is -1.25. The van der Waals surface area contributed by atoms with Crippen molar-refractivity contribution in [3.63, 3.8) is 0 Å². The first-order chi connectivity index (χ1) is 13.3. The van der Waals surface area contributed by atoms with Gasteiger partial charge in [0.2, 0.25) is 5.89 Å². The number of ether oxygens (including phenoxy) is 3. The van der Waals surface area contributed by atoms with Crippen LogP contribution < -0.4 is 0 Å². The van der Waals surface area contributed by atoms with Gasteiger partial charge < -0.3 is 18.6 Å². The van der Waals surface area contributed by atoms with Crippen molar-refractivity contribution in [2.45, 2.75) is 41.2 Å². The summed E-state index contributed by atoms with van der Waals surface area (Å²) in [7, 11) is 0. The molecular formula is C18H23N3O7. The number of aryl methyl sites for hydroxylation is 1. The summed E-state index contributed by atoms with van der Waals surface area (Å²) < 4.78 is 20.6. The highest BCUT2D eigenvalue weighted by Gasteiger charge is 2.46. The first-order valence-corrected chi connectivity index (χ1v) is 8.85. The Balaban J connectivity index is 2.37. The average molecular weight is 393 g/mol. The first kappa shape index (κ1) is 21.3. The molecule has 10 nitrogen and oxygen atoms in total. The lowest BCUT2D eigenvalue weighted by molar-refractivity contribution is -0.159. The lowest BCUT2D eigenvalue weighted by Crippen LogP contribution is -2.42. The van der Waals surface area contributed by atoms with E-state index in [9.17, 15) is 14.4 Å². The zero-order valence-corrected chi connectivity index (χ0v) is 16.5. The molecular weight excluding hydrogens is 370 g/mol. The van der Waals surface area contributed by atoms with Crippen LogP contribution in [0.1, 0.15) is 39.5 Å². The fourth-order valence-electron chi connectivity index (χ4n) is 2.92. The molecule has 1 aliphatic heterocycles. The number of aliphatic imine (C=N–C) groups is 1. The van der Waals surface area contributed by atoms with Gasteiger partial charge in [-0.3, -0.25) is 14.6 Å². The maximum atomic E-state index is 12.9. The maximum absolute atomic E-state index is 12.9. The fourth-order valence-corrected chi connectivity index (χ4v) is 2.92. The zero-order chi connectivity index (χ0) is 20.8. The van der Waals surface area contributed by atoms with Gasteiger partial charge in [-0.2, -0.15) is 0 Å². The van der Waals surface area contributed by atoms with Crippen molar-refractivity contribution in [3.05, 3.63) is 23.1 Å². The number of allylic oxidation sites excluding steroid dienone is 1. The second kappa shape index (κ2) is 9.25. The first-order valence-electron chi connectivity index (χ1n) is 8.85. The van der Waals surface area contributed by atoms with E-state index >= 15 is 0 Å². The normalized spacial score (nSPS) is 19.1. The molecule has 1 unspecified atom stereocenters. The van der Waals surface area contributed by atoms with E-state index in [-0.39, 0.29) is 37.0 Å². The van der Waals surface area contributed by atoms with Crippen LogP contribution in [0.15, 0.2) is 20.7 Å². The smallest absolute Gasteiger partial charge is 0.336 e. The van der Waals surface area contributed by atoms with Crippen LogP contribution >= 0.6 is 0 Å². The molecule has 0 saturated heterocycles. The Kier molecular flexibility index (Phi) is 7.02. The summed E-state index contributed by atoms with van der Waals surface area (Å²) in [6.45, 7) is 7.96. The van der Waals surface area contributed by atoms with Gasteiger partial charge in [0.25, 0.3) is 5.89 Å². The molecule has 2 heterocycles. The number of carbonyl (C=O) groups excluding carboxylic acids is 3. The summed E-state index contributed by atoms with van der Waals surface area (Å²) in [6, 6.07) is 0. The Morgan fingerprint density at radius 2 is 1.57 bits per heavy atom. The van der Waals surface area contributed by atoms with Crippen LogP contribution in [0.25, 0.3) is 0 Å². The number of aromatic nitrogens is 2. The van der Waals surface area contributed by atoms with Gasteiger partial charge in [0.1, 0.15) is 11.8 Å². The minimum absolute atomic E-state index is 0.0304. The number of esters is 3. The minimum Gasteiger partial charge on any atom is -0.465 e. The van der Waals surface area contributed by atoms with E-state index in [4.69, 9.17) is 18.6 Å². The largest absolute Gasteiger partial charge is 0.465 e. The number of carbonyl (C=O) groups is 3. The molecule has 0 aromatic carbocycles. The van der Waals surface area contributed by atoms with E-state index in [1.165, 1.54) is 0 Å². The Hall–Kier alpha value is -3.04. The fraction of sp³-hybridized carbons (Fsp3) is 0.556. The van der Waals surface area contributed by atoms with Crippen molar-refractivity contribution >= 4 is 23.6 Å². The molecule has 10 heteroatoms. The molecule has 0 amide bonds. The number of hydrogen-bond acceptors (Lipinski definition) is 10. The molecule has 0 bridgehead atoms. The molecule has 2 rings (SSSR count). The van der Waals surface area contributed by atoms with Gasteiger partial charge in [-0.05, 0) is 27.7 Å². The van der Waals surface area contributed by atoms with E-state index in [2.05, 4.69) is 15.2 Å². The molecule has 0 aliphatic carbocycles. The number of hydrogen-bond donors (Lipinski definition) is 0. The maximum Gasteiger partial charge on any atom is 0.336 e. The van der Waals surface area contributed by atoms with E-state index in [1.54, 1.807) is 34.6 Å². The van der Waals surface area contributed by atoms with Crippen LogP contribution in [-0.4, -0.2) is 47.0 Å². The zero-order valence-electron chi connectivity index (χ0n) is 16.5. The molecule has 28 heavy (non-hydrogen) atoms. The summed E-state index contributed by atoms with van der Waals surface area (Å²) in [4.78, 5) is 42.1. The van der Waals surface area contributed by atoms with Crippen molar-refractivity contribution in [2.24, 2.45) is 16.8 Å². The monoisotopic (exact) mass is 393 g/mol. The van der Waals surface area contributed by atoms with Crippen molar-refractivity contribution in [1.82, 2.24) is 10.2 Å². The van der Waals surface area contributed by atoms with Gasteiger partial charge in [-0.15, -0.1) is 10.2 Å². The summed E-state index contributed by atoms with van der Waals surface area (Å²) in [5.74, 6) is -4.16. The molecule has 1 aliphatic rings. The third-order valence-corrected chi connectivity index (χ3v) is 4.02. The Bertz CT molecular complexity index is 825. The SMILES string of the molecule is CCOC(=O)C1=C(C)N=C(C)C(C(=O)OCC)[C@H]1C(=O)OCc1nnc(C)o1. The van der Waals surface area contributed by atoms with E-state index in [0.717, 1.165) is 0 Å². The van der Waals surface area contributed by atoms with Crippen LogP contribution in [0.4, 0.5) is 0 Å². The van der Waals surface area contributed by atoms with Gasteiger partial charge in [-0.25, -0.2) is 4.79 Å². The van der Waals surface area contributed by atoms with E-state index in [1.807, 2.05) is 0 Å². The van der Waals surface area contributed by atoms with Gasteiger partial charge in [0, 0.05) is 18.3 Å². The quantitative estimate of drug-likeness (QED) is 0.500. The van der Waals surface area contributed by atoms with Crippen LogP contribution in [0, 0.1) is 18.8 Å². The highest BCUT2D eigenvalue weighted by Crippen LogP contribution is 2.34. The molecule has 0 radical (unpaired) electrons. The number of rotatable bonds is 7. The Labute approximate surface area is 161 Å². The van der Waals surface area contributed by atoms with Crippen LogP contribution in [0.3, 0.4) is 0 Å². The third kappa shape index (κ3) is 4.62. The lowest BCUT2D eigenvalue weighted by Gasteiger charge is -2.29. The summed E-state index contributed by atoms with van der Waals surface area (Å²) >= 11 is 0. The highest BCUT2D eigenvalue weighted by molar-refractivity contribution is 6.10. The van der Waals surface area contributed by atoms with Crippen LogP contribution in [0.5, 0.6) is 0 Å². The summed E-state index contributed by atoms with van der Waals surface area (Å²) in [5.41, 5.74) is 0.601. The molecule has 0 N–H and O–H groups in total. The molecule has 1 aromatic rings. The van der Waals surface area contributed by atoms with Gasteiger partial charge in [0.05, 0.1) is 18.8 Å². The molecule has 2 atom stereocenters. The van der Waals surface area contributed by atoms with Gasteiger partial charge in [-0.1, -0.05) is 0 Å². The van der Waals surface area contributed by atoms with Gasteiger partial charge in [0.15, 0.2) is 6.61 Å². The summed E-state index contributed by atoms with van der Waals surface area (Å²) in [5, 5.41) is 7.40. The molecule has 0 fully saturated rings. The predicted octanol–water partition coefficient (Wildman–Crippen LogP) is 1.53. The topological polar surface area (TPSA) is 130 Å². The second-order valence-electron chi connectivity index (χ2n) is 6.00. The van der Waals surface area contributed by atoms with Gasteiger partial charge >= 0.3 is 17.9 Å². The molecule has 0 saturated carbocycles. The van der Waals surface area contributed by atoms with Crippen molar-refractivity contribution in [3.8, 4) is 0 Å². The van der Waals surface area contributed by atoms with Crippen molar-refractivity contribution in [2.75, 3.05) is 13.2 Å². The van der Waals surface area contributed by atoms with Crippen LogP contribution in [0.2, 0.25) is 0 Å². The standard InChI is InChI=1S/C18H23N3O7/c1-6-25-16(22)13-9(3)19-10(4)14(17(23)26-7-2)15(13)18(24)27-8-12-21-20-11(5)28-12/h13,15H,6-8H2,1-5H3/t13?,15-/m1/s1. The lowest BCUT2D eigenvalue weighted by atomic mass is 9.79. The third-order valence-electron chi connectivity index (χ3n) is 4.02. The Morgan fingerprint density at radius 3 is 2.14 bits per heavy atom. The average Bonchev–Trinajstić information content (AvgIpc) is 3.04. The second-order valence-corrected chi connectivity index (χ2v) is 6.00.